The first-order valence-electron chi connectivity index (χ1n) is 8.99. The molecule has 1 aromatic heterocycles. The molecule has 0 saturated carbocycles. The first kappa shape index (κ1) is 18.8. The summed E-state index contributed by atoms with van der Waals surface area (Å²) < 4.78 is 0. The van der Waals surface area contributed by atoms with Crippen LogP contribution in [0.5, 0.6) is 0 Å². The van der Waals surface area contributed by atoms with Crippen molar-refractivity contribution >= 4 is 11.5 Å². The Morgan fingerprint density at radius 1 is 1.00 bits per heavy atom. The number of unbranched alkanes of at least 4 members (excludes halogenated alkanes) is 4. The SMILES string of the molecule is CCCCCCCc1cnc(/C(=C\Cc2ccccc2)C(=O)O)nc1. The molecule has 0 aliphatic carbocycles. The molecule has 25 heavy (non-hydrogen) atoms. The summed E-state index contributed by atoms with van der Waals surface area (Å²) in [5.41, 5.74) is 2.27. The van der Waals surface area contributed by atoms with E-state index in [1.54, 1.807) is 18.5 Å². The van der Waals surface area contributed by atoms with E-state index >= 15 is 0 Å². The lowest BCUT2D eigenvalue weighted by Gasteiger charge is -2.04. The second-order valence-electron chi connectivity index (χ2n) is 6.19. The average Bonchev–Trinajstić information content (AvgIpc) is 2.63. The largest absolute Gasteiger partial charge is 0.478 e. The molecule has 1 heterocycles. The molecule has 1 N–H and O–H groups in total. The fourth-order valence-corrected chi connectivity index (χ4v) is 2.66. The van der Waals surface area contributed by atoms with E-state index in [4.69, 9.17) is 0 Å². The molecule has 0 atom stereocenters. The van der Waals surface area contributed by atoms with Gasteiger partial charge in [0.05, 0.1) is 0 Å². The fourth-order valence-electron chi connectivity index (χ4n) is 2.66. The lowest BCUT2D eigenvalue weighted by molar-refractivity contribution is -0.130. The summed E-state index contributed by atoms with van der Waals surface area (Å²) in [6.45, 7) is 2.21. The molecule has 132 valence electrons. The maximum atomic E-state index is 11.5. The summed E-state index contributed by atoms with van der Waals surface area (Å²) in [7, 11) is 0. The minimum Gasteiger partial charge on any atom is -0.478 e. The number of rotatable bonds is 10. The van der Waals surface area contributed by atoms with Gasteiger partial charge in [-0.3, -0.25) is 0 Å². The van der Waals surface area contributed by atoms with Gasteiger partial charge in [-0.25, -0.2) is 14.8 Å². The minimum absolute atomic E-state index is 0.151. The zero-order chi connectivity index (χ0) is 17.9. The highest BCUT2D eigenvalue weighted by atomic mass is 16.4. The Bertz CT molecular complexity index is 679. The summed E-state index contributed by atoms with van der Waals surface area (Å²) in [6.07, 6.45) is 12.8. The molecule has 0 aliphatic rings. The second-order valence-corrected chi connectivity index (χ2v) is 6.19. The number of hydrogen-bond donors (Lipinski definition) is 1. The lowest BCUT2D eigenvalue weighted by Crippen LogP contribution is -2.05. The molecule has 0 spiro atoms. The molecule has 0 radical (unpaired) electrons. The van der Waals surface area contributed by atoms with Gasteiger partial charge in [-0.1, -0.05) is 69.0 Å². The minimum atomic E-state index is -0.997. The van der Waals surface area contributed by atoms with Crippen LogP contribution in [0.15, 0.2) is 48.8 Å². The van der Waals surface area contributed by atoms with E-state index < -0.39 is 5.97 Å². The third-order valence-corrected chi connectivity index (χ3v) is 4.13. The predicted octanol–water partition coefficient (Wildman–Crippen LogP) is 4.70. The normalized spacial score (nSPS) is 11.5. The van der Waals surface area contributed by atoms with Gasteiger partial charge in [0.15, 0.2) is 5.82 Å². The summed E-state index contributed by atoms with van der Waals surface area (Å²) in [5.74, 6) is -0.721. The van der Waals surface area contributed by atoms with Crippen LogP contribution in [0.4, 0.5) is 0 Å². The third-order valence-electron chi connectivity index (χ3n) is 4.13. The van der Waals surface area contributed by atoms with Crippen molar-refractivity contribution in [2.75, 3.05) is 0 Å². The van der Waals surface area contributed by atoms with Crippen LogP contribution in [0, 0.1) is 0 Å². The number of aryl methyl sites for hydroxylation is 1. The Labute approximate surface area is 149 Å². The Balaban J connectivity index is 1.98. The van der Waals surface area contributed by atoms with Gasteiger partial charge in [0.1, 0.15) is 5.57 Å². The van der Waals surface area contributed by atoms with Crippen LogP contribution in [-0.2, 0) is 17.6 Å². The van der Waals surface area contributed by atoms with Gasteiger partial charge in [0.2, 0.25) is 0 Å². The topological polar surface area (TPSA) is 63.1 Å². The van der Waals surface area contributed by atoms with Crippen molar-refractivity contribution in [2.24, 2.45) is 0 Å². The summed E-state index contributed by atoms with van der Waals surface area (Å²) in [5, 5.41) is 9.45. The predicted molar refractivity (Wildman–Crippen MR) is 100 cm³/mol. The molecule has 4 heteroatoms. The van der Waals surface area contributed by atoms with Crippen LogP contribution in [-0.4, -0.2) is 21.0 Å². The third kappa shape index (κ3) is 6.49. The van der Waals surface area contributed by atoms with Crippen molar-refractivity contribution in [1.82, 2.24) is 9.97 Å². The Hall–Kier alpha value is -2.49. The Kier molecular flexibility index (Phi) is 7.83. The maximum Gasteiger partial charge on any atom is 0.339 e. The number of allylic oxidation sites excluding steroid dienone is 1. The first-order valence-corrected chi connectivity index (χ1v) is 8.99. The van der Waals surface area contributed by atoms with E-state index in [-0.39, 0.29) is 11.4 Å². The molecule has 0 amide bonds. The van der Waals surface area contributed by atoms with Crippen LogP contribution in [0.2, 0.25) is 0 Å². The van der Waals surface area contributed by atoms with Crippen molar-refractivity contribution in [2.45, 2.75) is 51.9 Å². The number of carboxylic acids is 1. The molecule has 0 saturated heterocycles. The quantitative estimate of drug-likeness (QED) is 0.504. The van der Waals surface area contributed by atoms with Gasteiger partial charge in [-0.05, 0) is 30.4 Å². The van der Waals surface area contributed by atoms with Gasteiger partial charge in [-0.2, -0.15) is 0 Å². The lowest BCUT2D eigenvalue weighted by atomic mass is 10.1. The molecule has 0 bridgehead atoms. The van der Waals surface area contributed by atoms with Crippen molar-refractivity contribution in [1.29, 1.82) is 0 Å². The molecule has 0 fully saturated rings. The summed E-state index contributed by atoms with van der Waals surface area (Å²) >= 11 is 0. The molecule has 0 aliphatic heterocycles. The number of nitrogens with zero attached hydrogens (tertiary/aromatic N) is 2. The molecular formula is C21H26N2O2. The average molecular weight is 338 g/mol. The maximum absolute atomic E-state index is 11.5. The van der Waals surface area contributed by atoms with Crippen LogP contribution in [0.1, 0.15) is 56.0 Å². The van der Waals surface area contributed by atoms with E-state index in [0.29, 0.717) is 6.42 Å². The van der Waals surface area contributed by atoms with Crippen LogP contribution in [0.3, 0.4) is 0 Å². The van der Waals surface area contributed by atoms with E-state index in [9.17, 15) is 9.90 Å². The van der Waals surface area contributed by atoms with Crippen molar-refractivity contribution in [3.8, 4) is 0 Å². The highest BCUT2D eigenvalue weighted by molar-refractivity contribution is 6.14. The van der Waals surface area contributed by atoms with Gasteiger partial charge >= 0.3 is 5.97 Å². The number of carbonyl (C=O) groups is 1. The fraction of sp³-hybridized carbons (Fsp3) is 0.381. The summed E-state index contributed by atoms with van der Waals surface area (Å²) in [4.78, 5) is 20.1. The van der Waals surface area contributed by atoms with Crippen LogP contribution < -0.4 is 0 Å². The molecule has 1 aromatic carbocycles. The second kappa shape index (κ2) is 10.4. The number of aliphatic carboxylic acids is 1. The Morgan fingerprint density at radius 3 is 2.32 bits per heavy atom. The smallest absolute Gasteiger partial charge is 0.339 e. The van der Waals surface area contributed by atoms with Gasteiger partial charge in [0.25, 0.3) is 0 Å². The van der Waals surface area contributed by atoms with Gasteiger partial charge < -0.3 is 5.11 Å². The number of aromatic nitrogens is 2. The standard InChI is InChI=1S/C21H26N2O2/c1-2-3-4-5-7-12-18-15-22-20(23-16-18)19(21(24)25)14-13-17-10-8-6-9-11-17/h6,8-11,14-16H,2-5,7,12-13H2,1H3,(H,24,25)/b19-14+. The summed E-state index contributed by atoms with van der Waals surface area (Å²) in [6, 6.07) is 9.76. The molecule has 2 rings (SSSR count). The number of benzene rings is 1. The van der Waals surface area contributed by atoms with E-state index in [0.717, 1.165) is 24.0 Å². The van der Waals surface area contributed by atoms with Gasteiger partial charge in [0, 0.05) is 12.4 Å². The van der Waals surface area contributed by atoms with Crippen molar-refractivity contribution < 1.29 is 9.90 Å². The number of hydrogen-bond acceptors (Lipinski definition) is 3. The number of carboxylic acid groups (broad SMARTS) is 1. The molecule has 0 unspecified atom stereocenters. The zero-order valence-electron chi connectivity index (χ0n) is 14.8. The Morgan fingerprint density at radius 2 is 1.68 bits per heavy atom. The highest BCUT2D eigenvalue weighted by Crippen LogP contribution is 2.14. The van der Waals surface area contributed by atoms with Gasteiger partial charge in [-0.15, -0.1) is 0 Å². The van der Waals surface area contributed by atoms with Crippen molar-refractivity contribution in [3.05, 3.63) is 65.8 Å². The zero-order valence-corrected chi connectivity index (χ0v) is 14.8. The molecule has 4 nitrogen and oxygen atoms in total. The van der Waals surface area contributed by atoms with Crippen LogP contribution in [0.25, 0.3) is 5.57 Å². The van der Waals surface area contributed by atoms with Crippen molar-refractivity contribution in [3.63, 3.8) is 0 Å². The first-order chi connectivity index (χ1) is 12.2. The van der Waals surface area contributed by atoms with E-state index in [1.807, 2.05) is 30.3 Å². The molecular weight excluding hydrogens is 312 g/mol. The highest BCUT2D eigenvalue weighted by Gasteiger charge is 2.13. The van der Waals surface area contributed by atoms with Crippen LogP contribution >= 0.6 is 0 Å². The molecule has 2 aromatic rings. The van der Waals surface area contributed by atoms with E-state index in [2.05, 4.69) is 16.9 Å². The monoisotopic (exact) mass is 338 g/mol. The van der Waals surface area contributed by atoms with E-state index in [1.165, 1.54) is 25.7 Å².